The van der Waals surface area contributed by atoms with E-state index in [9.17, 15) is 20.0 Å². The van der Waals surface area contributed by atoms with Gasteiger partial charge in [0.15, 0.2) is 0 Å². The third-order valence-corrected chi connectivity index (χ3v) is 3.78. The summed E-state index contributed by atoms with van der Waals surface area (Å²) in [5.41, 5.74) is 0.0904. The molecule has 0 aromatic heterocycles. The monoisotopic (exact) mass is 278 g/mol. The highest BCUT2D eigenvalue weighted by molar-refractivity contribution is 5.95. The number of aryl methyl sites for hydroxylation is 1. The zero-order valence-corrected chi connectivity index (χ0v) is 11.6. The first-order valence-electron chi connectivity index (χ1n) is 6.57. The summed E-state index contributed by atoms with van der Waals surface area (Å²) < 4.78 is 0. The predicted molar refractivity (Wildman–Crippen MR) is 73.6 cm³/mol. The summed E-state index contributed by atoms with van der Waals surface area (Å²) in [4.78, 5) is 24.4. The Bertz CT molecular complexity index is 544. The van der Waals surface area contributed by atoms with Crippen molar-refractivity contribution in [2.24, 2.45) is 0 Å². The number of likely N-dealkylation sites (tertiary alicyclic amines) is 1. The average molecular weight is 278 g/mol. The summed E-state index contributed by atoms with van der Waals surface area (Å²) in [5.74, 6) is -0.219. The van der Waals surface area contributed by atoms with Crippen molar-refractivity contribution in [1.29, 1.82) is 0 Å². The molecule has 0 unspecified atom stereocenters. The van der Waals surface area contributed by atoms with E-state index in [1.54, 1.807) is 30.9 Å². The van der Waals surface area contributed by atoms with Gasteiger partial charge in [0.05, 0.1) is 10.5 Å². The molecule has 0 aliphatic carbocycles. The van der Waals surface area contributed by atoms with E-state index in [1.807, 2.05) is 0 Å². The summed E-state index contributed by atoms with van der Waals surface area (Å²) in [7, 11) is 0. The number of amides is 1. The van der Waals surface area contributed by atoms with Gasteiger partial charge in [-0.05, 0) is 32.8 Å². The quantitative estimate of drug-likeness (QED) is 0.661. The number of hydrogen-bond acceptors (Lipinski definition) is 4. The molecule has 6 heteroatoms. The largest absolute Gasteiger partial charge is 0.390 e. The van der Waals surface area contributed by atoms with Crippen molar-refractivity contribution in [2.45, 2.75) is 32.3 Å². The van der Waals surface area contributed by atoms with Crippen LogP contribution in [0.1, 0.15) is 35.7 Å². The van der Waals surface area contributed by atoms with E-state index in [4.69, 9.17) is 0 Å². The van der Waals surface area contributed by atoms with Gasteiger partial charge in [0.2, 0.25) is 0 Å². The number of aliphatic hydroxyl groups is 1. The Hall–Kier alpha value is -1.95. The molecular weight excluding hydrogens is 260 g/mol. The van der Waals surface area contributed by atoms with Gasteiger partial charge in [-0.1, -0.05) is 6.07 Å². The number of carbonyl (C=O) groups excluding carboxylic acids is 1. The average Bonchev–Trinajstić information content (AvgIpc) is 2.38. The summed E-state index contributed by atoms with van der Waals surface area (Å²) in [6.07, 6.45) is 1.04. The maximum absolute atomic E-state index is 12.3. The summed E-state index contributed by atoms with van der Waals surface area (Å²) in [6.45, 7) is 4.33. The Morgan fingerprint density at radius 2 is 2.00 bits per heavy atom. The van der Waals surface area contributed by atoms with Gasteiger partial charge < -0.3 is 10.0 Å². The molecule has 6 nitrogen and oxygen atoms in total. The molecule has 1 amide bonds. The number of nitro benzene ring substituents is 1. The van der Waals surface area contributed by atoms with Gasteiger partial charge in [0, 0.05) is 30.3 Å². The highest BCUT2D eigenvalue weighted by atomic mass is 16.6. The molecule has 1 aliphatic heterocycles. The van der Waals surface area contributed by atoms with E-state index in [0.29, 0.717) is 37.1 Å². The van der Waals surface area contributed by atoms with Crippen LogP contribution in [0.4, 0.5) is 5.69 Å². The van der Waals surface area contributed by atoms with Gasteiger partial charge in [0.1, 0.15) is 0 Å². The molecule has 0 spiro atoms. The minimum Gasteiger partial charge on any atom is -0.390 e. The van der Waals surface area contributed by atoms with Gasteiger partial charge in [-0.15, -0.1) is 0 Å². The Morgan fingerprint density at radius 1 is 1.40 bits per heavy atom. The van der Waals surface area contributed by atoms with E-state index in [-0.39, 0.29) is 11.6 Å². The van der Waals surface area contributed by atoms with Crippen molar-refractivity contribution in [2.75, 3.05) is 13.1 Å². The number of nitro groups is 1. The Labute approximate surface area is 117 Å². The van der Waals surface area contributed by atoms with Gasteiger partial charge in [0.25, 0.3) is 11.6 Å². The lowest BCUT2D eigenvalue weighted by molar-refractivity contribution is -0.385. The maximum Gasteiger partial charge on any atom is 0.273 e. The van der Waals surface area contributed by atoms with Crippen LogP contribution in [0.3, 0.4) is 0 Å². The third kappa shape index (κ3) is 2.96. The number of rotatable bonds is 2. The molecule has 0 saturated carbocycles. The van der Waals surface area contributed by atoms with Crippen LogP contribution < -0.4 is 0 Å². The third-order valence-electron chi connectivity index (χ3n) is 3.78. The van der Waals surface area contributed by atoms with Crippen LogP contribution in [0.2, 0.25) is 0 Å². The smallest absolute Gasteiger partial charge is 0.273 e. The molecule has 1 aliphatic rings. The Morgan fingerprint density at radius 3 is 2.55 bits per heavy atom. The van der Waals surface area contributed by atoms with Crippen LogP contribution in [-0.2, 0) is 0 Å². The number of nitrogens with zero attached hydrogens (tertiary/aromatic N) is 2. The van der Waals surface area contributed by atoms with Crippen molar-refractivity contribution in [1.82, 2.24) is 4.90 Å². The fourth-order valence-electron chi connectivity index (χ4n) is 2.31. The molecule has 1 fully saturated rings. The van der Waals surface area contributed by atoms with Crippen molar-refractivity contribution < 1.29 is 14.8 Å². The van der Waals surface area contributed by atoms with Crippen LogP contribution in [-0.4, -0.2) is 39.5 Å². The second kappa shape index (κ2) is 5.20. The first-order valence-corrected chi connectivity index (χ1v) is 6.57. The number of benzene rings is 1. The van der Waals surface area contributed by atoms with Crippen molar-refractivity contribution >= 4 is 11.6 Å². The predicted octanol–water partition coefficient (Wildman–Crippen LogP) is 1.89. The summed E-state index contributed by atoms with van der Waals surface area (Å²) in [6, 6.07) is 4.52. The van der Waals surface area contributed by atoms with Crippen molar-refractivity contribution in [3.63, 3.8) is 0 Å². The van der Waals surface area contributed by atoms with Crippen molar-refractivity contribution in [3.8, 4) is 0 Å². The van der Waals surface area contributed by atoms with E-state index in [0.717, 1.165) is 0 Å². The van der Waals surface area contributed by atoms with E-state index in [2.05, 4.69) is 0 Å². The van der Waals surface area contributed by atoms with Gasteiger partial charge >= 0.3 is 0 Å². The van der Waals surface area contributed by atoms with Crippen LogP contribution in [0.5, 0.6) is 0 Å². The maximum atomic E-state index is 12.3. The lowest BCUT2D eigenvalue weighted by atomic mass is 9.93. The Balaban J connectivity index is 2.18. The summed E-state index contributed by atoms with van der Waals surface area (Å²) in [5, 5.41) is 20.8. The number of hydrogen-bond donors (Lipinski definition) is 1. The van der Waals surface area contributed by atoms with Crippen LogP contribution in [0.25, 0.3) is 0 Å². The standard InChI is InChI=1S/C14H18N2O4/c1-10-3-4-11(9-12(10)16(19)20)13(17)15-7-5-14(2,18)6-8-15/h3-4,9,18H,5-8H2,1-2H3. The van der Waals surface area contributed by atoms with Gasteiger partial charge in [-0.2, -0.15) is 0 Å². The Kier molecular flexibility index (Phi) is 3.76. The molecule has 0 radical (unpaired) electrons. The SMILES string of the molecule is Cc1ccc(C(=O)N2CCC(C)(O)CC2)cc1[N+](=O)[O-]. The zero-order valence-electron chi connectivity index (χ0n) is 11.6. The molecule has 108 valence electrons. The fourth-order valence-corrected chi connectivity index (χ4v) is 2.31. The first kappa shape index (κ1) is 14.5. The van der Waals surface area contributed by atoms with Gasteiger partial charge in [-0.3, -0.25) is 14.9 Å². The normalized spacial score (nSPS) is 17.9. The molecule has 1 heterocycles. The lowest BCUT2D eigenvalue weighted by Crippen LogP contribution is -2.45. The molecule has 1 N–H and O–H groups in total. The van der Waals surface area contributed by atoms with E-state index in [1.165, 1.54) is 6.07 Å². The number of piperidine rings is 1. The fraction of sp³-hybridized carbons (Fsp3) is 0.500. The highest BCUT2D eigenvalue weighted by Crippen LogP contribution is 2.24. The molecule has 0 bridgehead atoms. The molecule has 1 aromatic carbocycles. The molecule has 20 heavy (non-hydrogen) atoms. The van der Waals surface area contributed by atoms with Crippen LogP contribution in [0.15, 0.2) is 18.2 Å². The van der Waals surface area contributed by atoms with Gasteiger partial charge in [-0.25, -0.2) is 0 Å². The highest BCUT2D eigenvalue weighted by Gasteiger charge is 2.30. The second-order valence-electron chi connectivity index (χ2n) is 5.55. The minimum absolute atomic E-state index is 0.0418. The first-order chi connectivity index (χ1) is 9.30. The van der Waals surface area contributed by atoms with E-state index < -0.39 is 10.5 Å². The molecule has 1 aromatic rings. The topological polar surface area (TPSA) is 83.7 Å². The van der Waals surface area contributed by atoms with E-state index >= 15 is 0 Å². The van der Waals surface area contributed by atoms with Crippen LogP contribution in [0, 0.1) is 17.0 Å². The molecule has 1 saturated heterocycles. The zero-order chi connectivity index (χ0) is 14.9. The summed E-state index contributed by atoms with van der Waals surface area (Å²) >= 11 is 0. The molecule has 0 atom stereocenters. The lowest BCUT2D eigenvalue weighted by Gasteiger charge is -2.35. The number of carbonyl (C=O) groups is 1. The van der Waals surface area contributed by atoms with Crippen LogP contribution >= 0.6 is 0 Å². The molecule has 2 rings (SSSR count). The second-order valence-corrected chi connectivity index (χ2v) is 5.55. The van der Waals surface area contributed by atoms with Crippen molar-refractivity contribution in [3.05, 3.63) is 39.4 Å². The molecular formula is C14H18N2O4. The minimum atomic E-state index is -0.726.